The molecule has 0 radical (unpaired) electrons. The Hall–Kier alpha value is -1.62. The van der Waals surface area contributed by atoms with E-state index in [4.69, 9.17) is 4.74 Å². The van der Waals surface area contributed by atoms with Crippen LogP contribution in [0, 0.1) is 5.82 Å². The van der Waals surface area contributed by atoms with Crippen molar-refractivity contribution in [2.45, 2.75) is 25.9 Å². The smallest absolute Gasteiger partial charge is 0.239 e. The number of benzene rings is 1. The largest absolute Gasteiger partial charge is 0.494 e. The van der Waals surface area contributed by atoms with Gasteiger partial charge in [0.2, 0.25) is 5.91 Å². The van der Waals surface area contributed by atoms with E-state index in [1.165, 1.54) is 13.2 Å². The zero-order valence-corrected chi connectivity index (χ0v) is 11.1. The maximum Gasteiger partial charge on any atom is 0.239 e. The second-order valence-corrected chi connectivity index (χ2v) is 4.53. The number of ether oxygens (including phenoxy) is 1. The highest BCUT2D eigenvalue weighted by Crippen LogP contribution is 2.17. The van der Waals surface area contributed by atoms with Crippen molar-refractivity contribution in [3.05, 3.63) is 29.6 Å². The van der Waals surface area contributed by atoms with E-state index in [0.717, 1.165) is 0 Å². The Labute approximate surface area is 107 Å². The molecule has 0 spiro atoms. The van der Waals surface area contributed by atoms with Crippen LogP contribution in [0.4, 0.5) is 4.39 Å². The quantitative estimate of drug-likeness (QED) is 0.836. The summed E-state index contributed by atoms with van der Waals surface area (Å²) in [5.74, 6) is -0.376. The van der Waals surface area contributed by atoms with Crippen molar-refractivity contribution in [2.24, 2.45) is 0 Å². The maximum absolute atomic E-state index is 13.4. The molecule has 0 aliphatic rings. The van der Waals surface area contributed by atoms with Gasteiger partial charge >= 0.3 is 0 Å². The molecule has 4 nitrogen and oxygen atoms in total. The lowest BCUT2D eigenvalue weighted by Gasteiger charge is -2.22. The molecule has 1 amide bonds. The van der Waals surface area contributed by atoms with Crippen molar-refractivity contribution in [3.8, 4) is 5.75 Å². The maximum atomic E-state index is 13.4. The number of rotatable bonds is 5. The van der Waals surface area contributed by atoms with Crippen LogP contribution in [-0.2, 0) is 11.3 Å². The fourth-order valence-corrected chi connectivity index (χ4v) is 1.34. The van der Waals surface area contributed by atoms with Crippen LogP contribution in [0.1, 0.15) is 19.4 Å². The number of carbonyl (C=O) groups excluding carboxylic acids is 1. The minimum atomic E-state index is -0.648. The summed E-state index contributed by atoms with van der Waals surface area (Å²) < 4.78 is 18.2. The monoisotopic (exact) mass is 254 g/mol. The third kappa shape index (κ3) is 3.43. The van der Waals surface area contributed by atoms with Gasteiger partial charge in [-0.3, -0.25) is 4.79 Å². The van der Waals surface area contributed by atoms with Crippen LogP contribution >= 0.6 is 0 Å². The van der Waals surface area contributed by atoms with E-state index >= 15 is 0 Å². The van der Waals surface area contributed by atoms with E-state index in [0.29, 0.717) is 5.56 Å². The Morgan fingerprint density at radius 1 is 1.44 bits per heavy atom. The zero-order chi connectivity index (χ0) is 13.8. The van der Waals surface area contributed by atoms with Crippen LogP contribution in [0.25, 0.3) is 0 Å². The van der Waals surface area contributed by atoms with E-state index in [1.54, 1.807) is 33.0 Å². The molecule has 0 saturated carbocycles. The highest BCUT2D eigenvalue weighted by molar-refractivity contribution is 5.85. The number of hydrogen-bond donors (Lipinski definition) is 2. The SMILES string of the molecule is CNC(C)(C)C(=O)NCc1ccc(OC)c(F)c1. The van der Waals surface area contributed by atoms with E-state index < -0.39 is 11.4 Å². The molecule has 0 saturated heterocycles. The summed E-state index contributed by atoms with van der Waals surface area (Å²) >= 11 is 0. The summed E-state index contributed by atoms with van der Waals surface area (Å²) in [5, 5.41) is 5.65. The predicted octanol–water partition coefficient (Wildman–Crippen LogP) is 1.45. The van der Waals surface area contributed by atoms with Crippen LogP contribution in [-0.4, -0.2) is 25.6 Å². The molecule has 0 aliphatic carbocycles. The van der Waals surface area contributed by atoms with Crippen LogP contribution in [0.3, 0.4) is 0 Å². The minimum Gasteiger partial charge on any atom is -0.494 e. The number of likely N-dealkylation sites (N-methyl/N-ethyl adjacent to an activating group) is 1. The summed E-state index contributed by atoms with van der Waals surface area (Å²) in [6.07, 6.45) is 0. The molecular weight excluding hydrogens is 235 g/mol. The van der Waals surface area contributed by atoms with Gasteiger partial charge in [0.1, 0.15) is 0 Å². The van der Waals surface area contributed by atoms with Gasteiger partial charge in [-0.25, -0.2) is 4.39 Å². The lowest BCUT2D eigenvalue weighted by molar-refractivity contribution is -0.126. The van der Waals surface area contributed by atoms with E-state index in [-0.39, 0.29) is 18.2 Å². The third-order valence-electron chi connectivity index (χ3n) is 2.86. The van der Waals surface area contributed by atoms with Gasteiger partial charge in [-0.05, 0) is 38.6 Å². The summed E-state index contributed by atoms with van der Waals surface area (Å²) in [4.78, 5) is 11.8. The Kier molecular flexibility index (Phi) is 4.67. The predicted molar refractivity (Wildman–Crippen MR) is 67.9 cm³/mol. The number of hydrogen-bond acceptors (Lipinski definition) is 3. The number of carbonyl (C=O) groups is 1. The number of methoxy groups -OCH3 is 1. The van der Waals surface area contributed by atoms with Gasteiger partial charge in [0.05, 0.1) is 12.6 Å². The minimum absolute atomic E-state index is 0.138. The summed E-state index contributed by atoms with van der Waals surface area (Å²) in [6.45, 7) is 3.83. The van der Waals surface area contributed by atoms with Crippen LogP contribution < -0.4 is 15.4 Å². The highest BCUT2D eigenvalue weighted by Gasteiger charge is 2.24. The van der Waals surface area contributed by atoms with Crippen molar-refractivity contribution in [1.82, 2.24) is 10.6 Å². The molecule has 1 aromatic carbocycles. The highest BCUT2D eigenvalue weighted by atomic mass is 19.1. The summed E-state index contributed by atoms with van der Waals surface area (Å²) in [7, 11) is 3.13. The first-order valence-corrected chi connectivity index (χ1v) is 5.70. The van der Waals surface area contributed by atoms with Gasteiger partial charge < -0.3 is 15.4 Å². The molecule has 0 aromatic heterocycles. The number of halogens is 1. The Morgan fingerprint density at radius 2 is 2.11 bits per heavy atom. The molecule has 18 heavy (non-hydrogen) atoms. The molecule has 0 unspecified atom stereocenters. The van der Waals surface area contributed by atoms with Gasteiger partial charge in [0, 0.05) is 6.54 Å². The fourth-order valence-electron chi connectivity index (χ4n) is 1.34. The molecule has 0 atom stereocenters. The normalized spacial score (nSPS) is 11.2. The van der Waals surface area contributed by atoms with Crippen molar-refractivity contribution in [1.29, 1.82) is 0 Å². The lowest BCUT2D eigenvalue weighted by Crippen LogP contribution is -2.50. The van der Waals surface area contributed by atoms with Crippen molar-refractivity contribution >= 4 is 5.91 Å². The molecule has 1 rings (SSSR count). The first-order chi connectivity index (χ1) is 8.40. The third-order valence-corrected chi connectivity index (χ3v) is 2.86. The molecular formula is C13H19FN2O2. The van der Waals surface area contributed by atoms with Gasteiger partial charge in [-0.15, -0.1) is 0 Å². The van der Waals surface area contributed by atoms with Crippen molar-refractivity contribution < 1.29 is 13.9 Å². The second kappa shape index (κ2) is 5.82. The van der Waals surface area contributed by atoms with Gasteiger partial charge in [-0.2, -0.15) is 0 Å². The zero-order valence-electron chi connectivity index (χ0n) is 11.1. The molecule has 5 heteroatoms. The molecule has 0 heterocycles. The summed E-state index contributed by atoms with van der Waals surface area (Å²) in [5.41, 5.74) is 0.0407. The van der Waals surface area contributed by atoms with Crippen molar-refractivity contribution in [2.75, 3.05) is 14.2 Å². The van der Waals surface area contributed by atoms with Gasteiger partial charge in [0.25, 0.3) is 0 Å². The average Bonchev–Trinajstić information content (AvgIpc) is 2.36. The van der Waals surface area contributed by atoms with Crippen molar-refractivity contribution in [3.63, 3.8) is 0 Å². The number of nitrogens with one attached hydrogen (secondary N) is 2. The molecule has 100 valence electrons. The average molecular weight is 254 g/mol. The van der Waals surface area contributed by atoms with E-state index in [1.807, 2.05) is 0 Å². The van der Waals surface area contributed by atoms with Crippen LogP contribution in [0.15, 0.2) is 18.2 Å². The molecule has 1 aromatic rings. The Morgan fingerprint density at radius 3 is 2.61 bits per heavy atom. The Bertz CT molecular complexity index is 433. The molecule has 0 fully saturated rings. The van der Waals surface area contributed by atoms with Crippen LogP contribution in [0.2, 0.25) is 0 Å². The topological polar surface area (TPSA) is 50.4 Å². The standard InChI is InChI=1S/C13H19FN2O2/c1-13(2,15-3)12(17)16-8-9-5-6-11(18-4)10(14)7-9/h5-7,15H,8H2,1-4H3,(H,16,17). The number of amides is 1. The fraction of sp³-hybridized carbons (Fsp3) is 0.462. The lowest BCUT2D eigenvalue weighted by atomic mass is 10.1. The first kappa shape index (κ1) is 14.4. The van der Waals surface area contributed by atoms with E-state index in [9.17, 15) is 9.18 Å². The Balaban J connectivity index is 2.64. The first-order valence-electron chi connectivity index (χ1n) is 5.70. The molecule has 2 N–H and O–H groups in total. The summed E-state index contributed by atoms with van der Waals surface area (Å²) in [6, 6.07) is 4.61. The molecule has 0 bridgehead atoms. The van der Waals surface area contributed by atoms with Crippen LogP contribution in [0.5, 0.6) is 5.75 Å². The van der Waals surface area contributed by atoms with Gasteiger partial charge in [-0.1, -0.05) is 6.07 Å². The van der Waals surface area contributed by atoms with Gasteiger partial charge in [0.15, 0.2) is 11.6 Å². The van der Waals surface area contributed by atoms with E-state index in [2.05, 4.69) is 10.6 Å². The second-order valence-electron chi connectivity index (χ2n) is 4.53. The molecule has 0 aliphatic heterocycles.